The van der Waals surface area contributed by atoms with Gasteiger partial charge in [0.1, 0.15) is 0 Å². The van der Waals surface area contributed by atoms with Crippen molar-refractivity contribution in [1.82, 2.24) is 0 Å². The Morgan fingerprint density at radius 2 is 2.24 bits per heavy atom. The summed E-state index contributed by atoms with van der Waals surface area (Å²) >= 11 is 0. The molecule has 0 aromatic heterocycles. The Kier molecular flexibility index (Phi) is 4.90. The highest BCUT2D eigenvalue weighted by atomic mass is 19.1. The number of halogens is 1. The molecule has 0 aliphatic carbocycles. The first-order chi connectivity index (χ1) is 8.04. The zero-order chi connectivity index (χ0) is 12.8. The van der Waals surface area contributed by atoms with E-state index in [-0.39, 0.29) is 24.8 Å². The summed E-state index contributed by atoms with van der Waals surface area (Å²) in [4.78, 5) is 10.8. The number of esters is 1. The van der Waals surface area contributed by atoms with Crippen LogP contribution in [0.25, 0.3) is 0 Å². The summed E-state index contributed by atoms with van der Waals surface area (Å²) < 4.78 is 23.1. The van der Waals surface area contributed by atoms with Crippen molar-refractivity contribution in [2.45, 2.75) is 19.4 Å². The van der Waals surface area contributed by atoms with Crippen molar-refractivity contribution in [3.63, 3.8) is 0 Å². The number of ether oxygens (including phenoxy) is 2. The van der Waals surface area contributed by atoms with E-state index >= 15 is 0 Å². The molecule has 0 radical (unpaired) electrons. The zero-order valence-corrected chi connectivity index (χ0v) is 9.90. The van der Waals surface area contributed by atoms with Crippen molar-refractivity contribution < 1.29 is 18.7 Å². The van der Waals surface area contributed by atoms with Gasteiger partial charge in [-0.1, -0.05) is 6.07 Å². The van der Waals surface area contributed by atoms with Crippen molar-refractivity contribution in [3.8, 4) is 5.75 Å². The fraction of sp³-hybridized carbons (Fsp3) is 0.417. The van der Waals surface area contributed by atoms with Crippen LogP contribution in [0, 0.1) is 5.82 Å². The van der Waals surface area contributed by atoms with E-state index in [1.165, 1.54) is 19.2 Å². The van der Waals surface area contributed by atoms with Crippen LogP contribution in [0.1, 0.15) is 24.9 Å². The minimum Gasteiger partial charge on any atom is -0.490 e. The maximum Gasteiger partial charge on any atom is 0.308 e. The molecule has 2 N–H and O–H groups in total. The van der Waals surface area contributed by atoms with E-state index in [0.717, 1.165) is 0 Å². The normalized spacial score (nSPS) is 12.0. The standard InChI is InChI=1S/C12H16FNO3/c1-8(14)9-3-4-11(10(13)7-9)17-6-5-12(15)16-2/h3-4,7-8H,5-6,14H2,1-2H3. The summed E-state index contributed by atoms with van der Waals surface area (Å²) in [6, 6.07) is 4.30. The van der Waals surface area contributed by atoms with E-state index in [2.05, 4.69) is 4.74 Å². The van der Waals surface area contributed by atoms with Gasteiger partial charge in [-0.3, -0.25) is 4.79 Å². The molecule has 0 saturated carbocycles. The van der Waals surface area contributed by atoms with Crippen LogP contribution < -0.4 is 10.5 Å². The number of rotatable bonds is 5. The molecule has 1 rings (SSSR count). The van der Waals surface area contributed by atoms with Crippen molar-refractivity contribution in [2.75, 3.05) is 13.7 Å². The zero-order valence-electron chi connectivity index (χ0n) is 9.90. The number of nitrogens with two attached hydrogens (primary N) is 1. The molecule has 0 fully saturated rings. The van der Waals surface area contributed by atoms with Crippen LogP contribution in [-0.2, 0) is 9.53 Å². The second kappa shape index (κ2) is 6.20. The number of benzene rings is 1. The summed E-state index contributed by atoms with van der Waals surface area (Å²) in [6.45, 7) is 1.85. The average molecular weight is 241 g/mol. The molecule has 4 nitrogen and oxygen atoms in total. The van der Waals surface area contributed by atoms with Crippen LogP contribution in [0.3, 0.4) is 0 Å². The lowest BCUT2D eigenvalue weighted by Crippen LogP contribution is -2.09. The highest BCUT2D eigenvalue weighted by molar-refractivity contribution is 5.69. The third kappa shape index (κ3) is 4.03. The molecular weight excluding hydrogens is 225 g/mol. The molecule has 0 aliphatic heterocycles. The molecule has 0 aliphatic rings. The number of carbonyl (C=O) groups is 1. The molecular formula is C12H16FNO3. The van der Waals surface area contributed by atoms with Gasteiger partial charge >= 0.3 is 5.97 Å². The van der Waals surface area contributed by atoms with E-state index in [0.29, 0.717) is 5.56 Å². The van der Waals surface area contributed by atoms with Gasteiger partial charge in [0.05, 0.1) is 20.1 Å². The van der Waals surface area contributed by atoms with Gasteiger partial charge in [0, 0.05) is 6.04 Å². The van der Waals surface area contributed by atoms with E-state index < -0.39 is 11.8 Å². The first-order valence-corrected chi connectivity index (χ1v) is 5.29. The van der Waals surface area contributed by atoms with Crippen molar-refractivity contribution in [2.24, 2.45) is 5.73 Å². The van der Waals surface area contributed by atoms with Crippen LogP contribution in [0.5, 0.6) is 5.75 Å². The van der Waals surface area contributed by atoms with Crippen LogP contribution in [0.2, 0.25) is 0 Å². The number of carbonyl (C=O) groups excluding carboxylic acids is 1. The summed E-state index contributed by atoms with van der Waals surface area (Å²) in [5.74, 6) is -0.763. The first-order valence-electron chi connectivity index (χ1n) is 5.29. The molecule has 1 aromatic rings. The Morgan fingerprint density at radius 1 is 1.53 bits per heavy atom. The summed E-state index contributed by atoms with van der Waals surface area (Å²) in [5, 5.41) is 0. The summed E-state index contributed by atoms with van der Waals surface area (Å²) in [7, 11) is 1.29. The van der Waals surface area contributed by atoms with Gasteiger partial charge < -0.3 is 15.2 Å². The average Bonchev–Trinajstić information content (AvgIpc) is 2.30. The van der Waals surface area contributed by atoms with Gasteiger partial charge in [-0.25, -0.2) is 4.39 Å². The first kappa shape index (κ1) is 13.4. The Bertz CT molecular complexity index is 393. The molecule has 17 heavy (non-hydrogen) atoms. The molecule has 0 saturated heterocycles. The molecule has 1 unspecified atom stereocenters. The van der Waals surface area contributed by atoms with Crippen molar-refractivity contribution >= 4 is 5.97 Å². The smallest absolute Gasteiger partial charge is 0.308 e. The second-order valence-corrected chi connectivity index (χ2v) is 3.65. The lowest BCUT2D eigenvalue weighted by atomic mass is 10.1. The summed E-state index contributed by atoms with van der Waals surface area (Å²) in [5.41, 5.74) is 6.32. The largest absolute Gasteiger partial charge is 0.490 e. The lowest BCUT2D eigenvalue weighted by Gasteiger charge is -2.09. The van der Waals surface area contributed by atoms with Gasteiger partial charge in [0.15, 0.2) is 11.6 Å². The van der Waals surface area contributed by atoms with Gasteiger partial charge in [-0.2, -0.15) is 0 Å². The minimum atomic E-state index is -0.482. The van der Waals surface area contributed by atoms with E-state index in [4.69, 9.17) is 10.5 Å². The Labute approximate surface area is 99.5 Å². The van der Waals surface area contributed by atoms with Crippen molar-refractivity contribution in [3.05, 3.63) is 29.6 Å². The number of hydrogen-bond acceptors (Lipinski definition) is 4. The van der Waals surface area contributed by atoms with E-state index in [9.17, 15) is 9.18 Å². The maximum atomic E-state index is 13.5. The predicted octanol–water partition coefficient (Wildman–Crippen LogP) is 1.79. The van der Waals surface area contributed by atoms with Gasteiger partial charge in [-0.15, -0.1) is 0 Å². The van der Waals surface area contributed by atoms with Crippen LogP contribution in [0.15, 0.2) is 18.2 Å². The molecule has 0 bridgehead atoms. The molecule has 0 heterocycles. The summed E-state index contributed by atoms with van der Waals surface area (Å²) in [6.07, 6.45) is 0.0883. The molecule has 0 amide bonds. The van der Waals surface area contributed by atoms with Crippen LogP contribution >= 0.6 is 0 Å². The monoisotopic (exact) mass is 241 g/mol. The highest BCUT2D eigenvalue weighted by Crippen LogP contribution is 2.21. The second-order valence-electron chi connectivity index (χ2n) is 3.65. The Balaban J connectivity index is 2.57. The molecule has 1 aromatic carbocycles. The Morgan fingerprint density at radius 3 is 2.76 bits per heavy atom. The maximum absolute atomic E-state index is 13.5. The number of hydrogen-bond donors (Lipinski definition) is 1. The van der Waals surface area contributed by atoms with Crippen molar-refractivity contribution in [1.29, 1.82) is 0 Å². The van der Waals surface area contributed by atoms with Crippen LogP contribution in [0.4, 0.5) is 4.39 Å². The quantitative estimate of drug-likeness (QED) is 0.798. The van der Waals surface area contributed by atoms with Gasteiger partial charge in [0.25, 0.3) is 0 Å². The van der Waals surface area contributed by atoms with E-state index in [1.807, 2.05) is 0 Å². The SMILES string of the molecule is COC(=O)CCOc1ccc(C(C)N)cc1F. The molecule has 1 atom stereocenters. The highest BCUT2D eigenvalue weighted by Gasteiger charge is 2.08. The van der Waals surface area contributed by atoms with E-state index in [1.54, 1.807) is 13.0 Å². The fourth-order valence-electron chi connectivity index (χ4n) is 1.26. The fourth-order valence-corrected chi connectivity index (χ4v) is 1.26. The van der Waals surface area contributed by atoms with Gasteiger partial charge in [0.2, 0.25) is 0 Å². The molecule has 94 valence electrons. The number of methoxy groups -OCH3 is 1. The third-order valence-corrected chi connectivity index (χ3v) is 2.27. The predicted molar refractivity (Wildman–Crippen MR) is 61.1 cm³/mol. The third-order valence-electron chi connectivity index (χ3n) is 2.27. The minimum absolute atomic E-state index is 0.0844. The topological polar surface area (TPSA) is 61.5 Å². The Hall–Kier alpha value is -1.62. The molecule has 5 heteroatoms. The van der Waals surface area contributed by atoms with Gasteiger partial charge in [-0.05, 0) is 24.6 Å². The molecule has 0 spiro atoms. The van der Waals surface area contributed by atoms with Crippen LogP contribution in [-0.4, -0.2) is 19.7 Å². The lowest BCUT2D eigenvalue weighted by molar-refractivity contribution is -0.141.